The molecule has 0 spiro atoms. The smallest absolute Gasteiger partial charge is 0.242 e. The fourth-order valence-electron chi connectivity index (χ4n) is 2.93. The standard InChI is InChI=1S/C18H19ClN4OS/c1-13(17(24)21-18-14(12-20)6-11-25-18)22-7-9-23(10-8-22)16-5-3-2-4-15(16)19/h2-6,11,13H,7-10H2,1H3,(H,21,24)/t13-/m0/s1. The van der Waals surface area contributed by atoms with Crippen LogP contribution >= 0.6 is 22.9 Å². The fraction of sp³-hybridized carbons (Fsp3) is 0.333. The molecule has 2 heterocycles. The maximum Gasteiger partial charge on any atom is 0.242 e. The summed E-state index contributed by atoms with van der Waals surface area (Å²) < 4.78 is 0. The Kier molecular flexibility index (Phi) is 5.59. The van der Waals surface area contributed by atoms with E-state index in [9.17, 15) is 4.79 Å². The topological polar surface area (TPSA) is 59.4 Å². The first kappa shape index (κ1) is 17.7. The van der Waals surface area contributed by atoms with Crippen molar-refractivity contribution in [3.8, 4) is 6.07 Å². The molecule has 1 aromatic heterocycles. The molecule has 0 radical (unpaired) electrons. The van der Waals surface area contributed by atoms with Crippen molar-refractivity contribution in [2.75, 3.05) is 36.4 Å². The number of amides is 1. The monoisotopic (exact) mass is 374 g/mol. The van der Waals surface area contributed by atoms with E-state index in [0.29, 0.717) is 10.6 Å². The molecule has 0 bridgehead atoms. The normalized spacial score (nSPS) is 16.3. The summed E-state index contributed by atoms with van der Waals surface area (Å²) >= 11 is 7.64. The molecule has 5 nitrogen and oxygen atoms in total. The SMILES string of the molecule is C[C@@H](C(=O)Nc1sccc1C#N)N1CCN(c2ccccc2Cl)CC1. The molecule has 1 saturated heterocycles. The van der Waals surface area contributed by atoms with Gasteiger partial charge in [0.05, 0.1) is 22.3 Å². The second-order valence-electron chi connectivity index (χ2n) is 5.91. The molecular weight excluding hydrogens is 356 g/mol. The lowest BCUT2D eigenvalue weighted by Gasteiger charge is -2.38. The van der Waals surface area contributed by atoms with Gasteiger partial charge in [0.2, 0.25) is 5.91 Å². The van der Waals surface area contributed by atoms with Gasteiger partial charge in [0.25, 0.3) is 0 Å². The van der Waals surface area contributed by atoms with Crippen molar-refractivity contribution in [1.29, 1.82) is 5.26 Å². The summed E-state index contributed by atoms with van der Waals surface area (Å²) in [6.07, 6.45) is 0. The van der Waals surface area contributed by atoms with Crippen molar-refractivity contribution < 1.29 is 4.79 Å². The van der Waals surface area contributed by atoms with Crippen LogP contribution in [0.3, 0.4) is 0 Å². The average Bonchev–Trinajstić information content (AvgIpc) is 3.09. The van der Waals surface area contributed by atoms with Crippen molar-refractivity contribution >= 4 is 39.5 Å². The second kappa shape index (κ2) is 7.87. The van der Waals surface area contributed by atoms with E-state index in [1.54, 1.807) is 11.4 Å². The van der Waals surface area contributed by atoms with Crippen LogP contribution in [-0.4, -0.2) is 43.0 Å². The first-order valence-corrected chi connectivity index (χ1v) is 9.38. The predicted octanol–water partition coefficient (Wildman–Crippen LogP) is 3.42. The van der Waals surface area contributed by atoms with E-state index in [1.165, 1.54) is 11.3 Å². The zero-order chi connectivity index (χ0) is 17.8. The number of thiophene rings is 1. The van der Waals surface area contributed by atoms with Crippen LogP contribution in [-0.2, 0) is 4.79 Å². The molecule has 1 amide bonds. The molecule has 3 rings (SSSR count). The Morgan fingerprint density at radius 1 is 1.28 bits per heavy atom. The zero-order valence-electron chi connectivity index (χ0n) is 13.9. The Hall–Kier alpha value is -2.07. The number of halogens is 1. The van der Waals surface area contributed by atoms with Crippen LogP contribution < -0.4 is 10.2 Å². The highest BCUT2D eigenvalue weighted by Gasteiger charge is 2.26. The summed E-state index contributed by atoms with van der Waals surface area (Å²) in [4.78, 5) is 16.9. The number of para-hydroxylation sites is 1. The lowest BCUT2D eigenvalue weighted by atomic mass is 10.2. The summed E-state index contributed by atoms with van der Waals surface area (Å²) in [5, 5.41) is 15.1. The summed E-state index contributed by atoms with van der Waals surface area (Å²) in [5.41, 5.74) is 1.55. The van der Waals surface area contributed by atoms with E-state index < -0.39 is 0 Å². The van der Waals surface area contributed by atoms with Gasteiger partial charge in [-0.25, -0.2) is 0 Å². The van der Waals surface area contributed by atoms with Crippen LogP contribution in [0.15, 0.2) is 35.7 Å². The third kappa shape index (κ3) is 3.96. The highest BCUT2D eigenvalue weighted by molar-refractivity contribution is 7.14. The number of nitriles is 1. The molecule has 1 aromatic carbocycles. The van der Waals surface area contributed by atoms with Crippen LogP contribution in [0.25, 0.3) is 0 Å². The summed E-state index contributed by atoms with van der Waals surface area (Å²) in [6, 6.07) is 11.4. The highest BCUT2D eigenvalue weighted by Crippen LogP contribution is 2.27. The van der Waals surface area contributed by atoms with Crippen LogP contribution in [0.1, 0.15) is 12.5 Å². The third-order valence-electron chi connectivity index (χ3n) is 4.46. The first-order valence-electron chi connectivity index (χ1n) is 8.12. The minimum Gasteiger partial charge on any atom is -0.368 e. The zero-order valence-corrected chi connectivity index (χ0v) is 15.5. The minimum atomic E-state index is -0.248. The number of hydrogen-bond acceptors (Lipinski definition) is 5. The maximum atomic E-state index is 12.5. The van der Waals surface area contributed by atoms with Crippen LogP contribution in [0, 0.1) is 11.3 Å². The molecular formula is C18H19ClN4OS. The minimum absolute atomic E-state index is 0.0786. The molecule has 0 aliphatic carbocycles. The molecule has 25 heavy (non-hydrogen) atoms. The van der Waals surface area contributed by atoms with E-state index in [2.05, 4.69) is 21.2 Å². The first-order chi connectivity index (χ1) is 12.1. The Morgan fingerprint density at radius 3 is 2.68 bits per heavy atom. The van der Waals surface area contributed by atoms with Crippen LogP contribution in [0.5, 0.6) is 0 Å². The van der Waals surface area contributed by atoms with E-state index in [-0.39, 0.29) is 11.9 Å². The number of rotatable bonds is 4. The van der Waals surface area contributed by atoms with Gasteiger partial charge in [-0.2, -0.15) is 5.26 Å². The number of benzene rings is 1. The molecule has 1 atom stereocenters. The van der Waals surface area contributed by atoms with Gasteiger partial charge in [-0.3, -0.25) is 9.69 Å². The van der Waals surface area contributed by atoms with Gasteiger partial charge in [0, 0.05) is 26.2 Å². The lowest BCUT2D eigenvalue weighted by molar-refractivity contribution is -0.120. The summed E-state index contributed by atoms with van der Waals surface area (Å²) in [6.45, 7) is 5.12. The molecule has 130 valence electrons. The number of anilines is 2. The van der Waals surface area contributed by atoms with E-state index >= 15 is 0 Å². The Balaban J connectivity index is 1.58. The number of nitrogens with zero attached hydrogens (tertiary/aromatic N) is 3. The molecule has 1 aliphatic heterocycles. The van der Waals surface area contributed by atoms with Gasteiger partial charge in [0.15, 0.2) is 0 Å². The van der Waals surface area contributed by atoms with E-state index in [1.807, 2.05) is 31.2 Å². The molecule has 0 unspecified atom stereocenters. The fourth-order valence-corrected chi connectivity index (χ4v) is 3.93. The van der Waals surface area contributed by atoms with E-state index in [0.717, 1.165) is 36.9 Å². The van der Waals surface area contributed by atoms with Crippen molar-refractivity contribution in [2.45, 2.75) is 13.0 Å². The Morgan fingerprint density at radius 2 is 2.00 bits per heavy atom. The van der Waals surface area contributed by atoms with Crippen LogP contribution in [0.4, 0.5) is 10.7 Å². The highest BCUT2D eigenvalue weighted by atomic mass is 35.5. The van der Waals surface area contributed by atoms with Crippen molar-refractivity contribution in [1.82, 2.24) is 4.90 Å². The largest absolute Gasteiger partial charge is 0.368 e. The van der Waals surface area contributed by atoms with Crippen molar-refractivity contribution in [2.24, 2.45) is 0 Å². The second-order valence-corrected chi connectivity index (χ2v) is 7.24. The maximum absolute atomic E-state index is 12.5. The molecule has 0 saturated carbocycles. The van der Waals surface area contributed by atoms with Gasteiger partial charge >= 0.3 is 0 Å². The van der Waals surface area contributed by atoms with Gasteiger partial charge in [-0.15, -0.1) is 11.3 Å². The van der Waals surface area contributed by atoms with E-state index in [4.69, 9.17) is 16.9 Å². The van der Waals surface area contributed by atoms with Crippen LogP contribution in [0.2, 0.25) is 5.02 Å². The summed E-state index contributed by atoms with van der Waals surface area (Å²) in [7, 11) is 0. The van der Waals surface area contributed by atoms with Gasteiger partial charge < -0.3 is 10.2 Å². The van der Waals surface area contributed by atoms with Gasteiger partial charge in [-0.1, -0.05) is 23.7 Å². The molecule has 1 aliphatic rings. The number of carbonyl (C=O) groups excluding carboxylic acids is 1. The Labute approximate surface area is 156 Å². The summed E-state index contributed by atoms with van der Waals surface area (Å²) in [5.74, 6) is -0.0786. The third-order valence-corrected chi connectivity index (χ3v) is 5.61. The van der Waals surface area contributed by atoms with Crippen molar-refractivity contribution in [3.05, 3.63) is 46.3 Å². The predicted molar refractivity (Wildman–Crippen MR) is 102 cm³/mol. The average molecular weight is 375 g/mol. The molecule has 1 fully saturated rings. The number of carbonyl (C=O) groups is 1. The number of hydrogen-bond donors (Lipinski definition) is 1. The number of nitrogens with one attached hydrogen (secondary N) is 1. The quantitative estimate of drug-likeness (QED) is 0.890. The van der Waals surface area contributed by atoms with Gasteiger partial charge in [0.1, 0.15) is 11.1 Å². The molecule has 1 N–H and O–H groups in total. The lowest BCUT2D eigenvalue weighted by Crippen LogP contribution is -2.52. The molecule has 2 aromatic rings. The number of piperazine rings is 1. The molecule has 7 heteroatoms. The van der Waals surface area contributed by atoms with Crippen molar-refractivity contribution in [3.63, 3.8) is 0 Å². The van der Waals surface area contributed by atoms with Gasteiger partial charge in [-0.05, 0) is 30.5 Å². The Bertz CT molecular complexity index is 792.